The average Bonchev–Trinajstić information content (AvgIpc) is 2.84. The van der Waals surface area contributed by atoms with Gasteiger partial charge in [-0.25, -0.2) is 9.97 Å². The molecular formula is C18H28N4. The standard InChI is InChI=1S/C18H28N4/c1-13(2)11-17-20-16-8-5-9-19-18(16)22(17)15-7-6-10-21(12-15)14(3)4/h5,8-9,13-15H,6-7,10-12H2,1-4H3. The van der Waals surface area contributed by atoms with Crippen LogP contribution in [0.5, 0.6) is 0 Å². The van der Waals surface area contributed by atoms with Crippen molar-refractivity contribution in [3.8, 4) is 0 Å². The quantitative estimate of drug-likeness (QED) is 0.864. The van der Waals surface area contributed by atoms with Crippen LogP contribution in [-0.2, 0) is 6.42 Å². The Labute approximate surface area is 133 Å². The van der Waals surface area contributed by atoms with E-state index in [1.165, 1.54) is 25.2 Å². The van der Waals surface area contributed by atoms with E-state index < -0.39 is 0 Å². The SMILES string of the molecule is CC(C)Cc1nc2cccnc2n1C1CCCN(C(C)C)C1. The van der Waals surface area contributed by atoms with Crippen molar-refractivity contribution in [3.05, 3.63) is 24.2 Å². The van der Waals surface area contributed by atoms with Crippen LogP contribution < -0.4 is 0 Å². The molecule has 2 aromatic rings. The summed E-state index contributed by atoms with van der Waals surface area (Å²) in [4.78, 5) is 12.1. The van der Waals surface area contributed by atoms with Gasteiger partial charge in [-0.2, -0.15) is 0 Å². The molecular weight excluding hydrogens is 272 g/mol. The zero-order valence-corrected chi connectivity index (χ0v) is 14.3. The molecule has 1 fully saturated rings. The van der Waals surface area contributed by atoms with Gasteiger partial charge in [0.15, 0.2) is 5.65 Å². The highest BCUT2D eigenvalue weighted by atomic mass is 15.2. The van der Waals surface area contributed by atoms with Crippen molar-refractivity contribution in [2.24, 2.45) is 5.92 Å². The van der Waals surface area contributed by atoms with Crippen LogP contribution in [0, 0.1) is 5.92 Å². The summed E-state index contributed by atoms with van der Waals surface area (Å²) < 4.78 is 2.43. The summed E-state index contributed by atoms with van der Waals surface area (Å²) in [7, 11) is 0. The molecule has 4 heteroatoms. The van der Waals surface area contributed by atoms with Crippen LogP contribution >= 0.6 is 0 Å². The molecule has 0 aromatic carbocycles. The summed E-state index contributed by atoms with van der Waals surface area (Å²) in [6.45, 7) is 11.4. The first-order valence-electron chi connectivity index (χ1n) is 8.62. The predicted octanol–water partition coefficient (Wildman–Crippen LogP) is 3.68. The van der Waals surface area contributed by atoms with Gasteiger partial charge in [0, 0.05) is 31.2 Å². The fourth-order valence-electron chi connectivity index (χ4n) is 3.53. The predicted molar refractivity (Wildman–Crippen MR) is 91.1 cm³/mol. The van der Waals surface area contributed by atoms with E-state index in [9.17, 15) is 0 Å². The lowest BCUT2D eigenvalue weighted by atomic mass is 10.0. The third-order valence-electron chi connectivity index (χ3n) is 4.64. The highest BCUT2D eigenvalue weighted by molar-refractivity contribution is 5.71. The third-order valence-corrected chi connectivity index (χ3v) is 4.64. The van der Waals surface area contributed by atoms with E-state index in [2.05, 4.69) is 48.2 Å². The maximum absolute atomic E-state index is 4.88. The van der Waals surface area contributed by atoms with Gasteiger partial charge < -0.3 is 4.57 Å². The van der Waals surface area contributed by atoms with Crippen LogP contribution in [0.3, 0.4) is 0 Å². The number of aromatic nitrogens is 3. The normalized spacial score (nSPS) is 20.4. The molecule has 2 aromatic heterocycles. The molecule has 0 amide bonds. The highest BCUT2D eigenvalue weighted by Crippen LogP contribution is 2.28. The highest BCUT2D eigenvalue weighted by Gasteiger charge is 2.26. The molecule has 1 aliphatic rings. The number of hydrogen-bond donors (Lipinski definition) is 0. The van der Waals surface area contributed by atoms with Gasteiger partial charge in [-0.05, 0) is 51.3 Å². The molecule has 0 bridgehead atoms. The minimum atomic E-state index is 0.504. The van der Waals surface area contributed by atoms with E-state index in [0.717, 1.165) is 24.1 Å². The van der Waals surface area contributed by atoms with Crippen LogP contribution in [0.2, 0.25) is 0 Å². The Morgan fingerprint density at radius 3 is 2.82 bits per heavy atom. The molecule has 0 spiro atoms. The number of likely N-dealkylation sites (tertiary alicyclic amines) is 1. The van der Waals surface area contributed by atoms with Gasteiger partial charge in [-0.15, -0.1) is 0 Å². The van der Waals surface area contributed by atoms with Crippen LogP contribution in [0.1, 0.15) is 52.4 Å². The lowest BCUT2D eigenvalue weighted by Gasteiger charge is -2.36. The molecule has 1 aliphatic heterocycles. The number of piperidine rings is 1. The second-order valence-corrected chi connectivity index (χ2v) is 7.23. The lowest BCUT2D eigenvalue weighted by Crippen LogP contribution is -2.41. The van der Waals surface area contributed by atoms with Crippen molar-refractivity contribution in [1.82, 2.24) is 19.4 Å². The Kier molecular flexibility index (Phi) is 4.48. The zero-order chi connectivity index (χ0) is 15.7. The van der Waals surface area contributed by atoms with Gasteiger partial charge in [-0.1, -0.05) is 13.8 Å². The molecule has 0 aliphatic carbocycles. The molecule has 1 atom stereocenters. The molecule has 3 heterocycles. The van der Waals surface area contributed by atoms with E-state index in [-0.39, 0.29) is 0 Å². The number of pyridine rings is 1. The van der Waals surface area contributed by atoms with Gasteiger partial charge in [0.05, 0.1) is 0 Å². The van der Waals surface area contributed by atoms with Crippen LogP contribution in [-0.4, -0.2) is 38.6 Å². The van der Waals surface area contributed by atoms with Crippen molar-refractivity contribution < 1.29 is 0 Å². The maximum Gasteiger partial charge on any atom is 0.160 e. The average molecular weight is 300 g/mol. The van der Waals surface area contributed by atoms with Crippen molar-refractivity contribution >= 4 is 11.2 Å². The number of nitrogens with zero attached hydrogens (tertiary/aromatic N) is 4. The van der Waals surface area contributed by atoms with E-state index in [0.29, 0.717) is 18.0 Å². The molecule has 0 radical (unpaired) electrons. The van der Waals surface area contributed by atoms with E-state index >= 15 is 0 Å². The van der Waals surface area contributed by atoms with E-state index in [1.807, 2.05) is 12.3 Å². The molecule has 1 unspecified atom stereocenters. The number of hydrogen-bond acceptors (Lipinski definition) is 3. The minimum Gasteiger partial charge on any atom is -0.308 e. The van der Waals surface area contributed by atoms with E-state index in [4.69, 9.17) is 4.98 Å². The lowest BCUT2D eigenvalue weighted by molar-refractivity contribution is 0.143. The Balaban J connectivity index is 2.00. The van der Waals surface area contributed by atoms with Crippen LogP contribution in [0.4, 0.5) is 0 Å². The summed E-state index contributed by atoms with van der Waals surface area (Å²) in [5.41, 5.74) is 2.11. The molecule has 1 saturated heterocycles. The summed E-state index contributed by atoms with van der Waals surface area (Å²) in [6.07, 6.45) is 5.41. The number of imidazole rings is 1. The second kappa shape index (κ2) is 6.37. The zero-order valence-electron chi connectivity index (χ0n) is 14.3. The Hall–Kier alpha value is -1.42. The molecule has 22 heavy (non-hydrogen) atoms. The summed E-state index contributed by atoms with van der Waals surface area (Å²) in [5, 5.41) is 0. The van der Waals surface area contributed by atoms with Crippen molar-refractivity contribution in [2.45, 2.75) is 59.0 Å². The largest absolute Gasteiger partial charge is 0.308 e. The molecule has 3 rings (SSSR count). The summed E-state index contributed by atoms with van der Waals surface area (Å²) in [5.74, 6) is 1.82. The van der Waals surface area contributed by atoms with Crippen LogP contribution in [0.25, 0.3) is 11.2 Å². The fraction of sp³-hybridized carbons (Fsp3) is 0.667. The monoisotopic (exact) mass is 300 g/mol. The van der Waals surface area contributed by atoms with Crippen molar-refractivity contribution in [2.75, 3.05) is 13.1 Å². The Bertz CT molecular complexity index is 629. The molecule has 0 saturated carbocycles. The minimum absolute atomic E-state index is 0.504. The van der Waals surface area contributed by atoms with E-state index in [1.54, 1.807) is 0 Å². The van der Waals surface area contributed by atoms with Crippen LogP contribution in [0.15, 0.2) is 18.3 Å². The molecule has 0 N–H and O–H groups in total. The van der Waals surface area contributed by atoms with Gasteiger partial charge in [0.2, 0.25) is 0 Å². The summed E-state index contributed by atoms with van der Waals surface area (Å²) in [6, 6.07) is 5.19. The number of rotatable bonds is 4. The first-order valence-corrected chi connectivity index (χ1v) is 8.62. The smallest absolute Gasteiger partial charge is 0.160 e. The number of fused-ring (bicyclic) bond motifs is 1. The van der Waals surface area contributed by atoms with Crippen molar-refractivity contribution in [1.29, 1.82) is 0 Å². The topological polar surface area (TPSA) is 34.0 Å². The second-order valence-electron chi connectivity index (χ2n) is 7.23. The molecule has 120 valence electrons. The molecule has 4 nitrogen and oxygen atoms in total. The van der Waals surface area contributed by atoms with Gasteiger partial charge >= 0.3 is 0 Å². The third kappa shape index (κ3) is 3.02. The Morgan fingerprint density at radius 1 is 1.27 bits per heavy atom. The fourth-order valence-corrected chi connectivity index (χ4v) is 3.53. The van der Waals surface area contributed by atoms with Crippen molar-refractivity contribution in [3.63, 3.8) is 0 Å². The first-order chi connectivity index (χ1) is 10.6. The van der Waals surface area contributed by atoms with Gasteiger partial charge in [-0.3, -0.25) is 4.90 Å². The maximum atomic E-state index is 4.88. The van der Waals surface area contributed by atoms with Gasteiger partial charge in [0.1, 0.15) is 11.3 Å². The Morgan fingerprint density at radius 2 is 2.09 bits per heavy atom. The first kappa shape index (κ1) is 15.5. The summed E-state index contributed by atoms with van der Waals surface area (Å²) >= 11 is 0. The van der Waals surface area contributed by atoms with Gasteiger partial charge in [0.25, 0.3) is 0 Å².